The zero-order valence-electron chi connectivity index (χ0n) is 30.8. The minimum absolute atomic E-state index is 0.520. The van der Waals surface area contributed by atoms with Crippen LogP contribution in [0.4, 0.5) is 0 Å². The summed E-state index contributed by atoms with van der Waals surface area (Å²) in [6.07, 6.45) is 5.77. The van der Waals surface area contributed by atoms with Crippen LogP contribution in [0.15, 0.2) is 105 Å². The van der Waals surface area contributed by atoms with Gasteiger partial charge in [0.15, 0.2) is 11.6 Å². The second-order valence-electron chi connectivity index (χ2n) is 12.4. The van der Waals surface area contributed by atoms with Crippen LogP contribution in [0.5, 0.6) is 23.3 Å². The third-order valence-corrected chi connectivity index (χ3v) is 10.7. The highest BCUT2D eigenvalue weighted by Gasteiger charge is 2.22. The van der Waals surface area contributed by atoms with Crippen LogP contribution in [0.2, 0.25) is 0 Å². The predicted molar refractivity (Wildman–Crippen MR) is 214 cm³/mol. The fourth-order valence-electron chi connectivity index (χ4n) is 5.88. The van der Waals surface area contributed by atoms with Gasteiger partial charge in [-0.1, -0.05) is 73.8 Å². The summed E-state index contributed by atoms with van der Waals surface area (Å²) in [5.41, 5.74) is 4.67. The number of ether oxygens (including phenoxy) is 2. The molecule has 0 aliphatic carbocycles. The molecule has 9 rings (SSSR count). The molecule has 4 aromatic heterocycles. The summed E-state index contributed by atoms with van der Waals surface area (Å²) in [5, 5.41) is 38.8. The molecule has 0 N–H and O–H groups in total. The van der Waals surface area contributed by atoms with Gasteiger partial charge in [0, 0.05) is 24.3 Å². The number of nitrogens with zero attached hydrogens (tertiary/aromatic N) is 12. The Labute approximate surface area is 326 Å². The van der Waals surface area contributed by atoms with Crippen LogP contribution in [-0.2, 0) is 12.8 Å². The fourth-order valence-corrected chi connectivity index (χ4v) is 7.75. The van der Waals surface area contributed by atoms with E-state index >= 15 is 0 Å². The lowest BCUT2D eigenvalue weighted by Crippen LogP contribution is -2.02. The van der Waals surface area contributed by atoms with E-state index in [-0.39, 0.29) is 0 Å². The zero-order valence-corrected chi connectivity index (χ0v) is 32.4. The van der Waals surface area contributed by atoms with Crippen molar-refractivity contribution in [3.8, 4) is 34.6 Å². The van der Waals surface area contributed by atoms with Gasteiger partial charge in [-0.15, -0.1) is 20.4 Å². The molecule has 0 spiro atoms. The summed E-state index contributed by atoms with van der Waals surface area (Å²) in [7, 11) is 0. The Kier molecular flexibility index (Phi) is 10.6. The van der Waals surface area contributed by atoms with Crippen molar-refractivity contribution < 1.29 is 9.47 Å². The van der Waals surface area contributed by atoms with Gasteiger partial charge in [-0.2, -0.15) is 39.1 Å². The number of thioether (sulfide) groups is 2. The minimum Gasteiger partial charge on any atom is -0.438 e. The number of fused-ring (bicyclic) bond motifs is 6. The van der Waals surface area contributed by atoms with Crippen molar-refractivity contribution in [3.63, 3.8) is 0 Å². The van der Waals surface area contributed by atoms with Crippen LogP contribution >= 0.6 is 23.5 Å². The maximum atomic E-state index is 6.64. The first kappa shape index (κ1) is 36.0. The maximum Gasteiger partial charge on any atom is 0.231 e. The number of aryl methyl sites for hydroxylation is 4. The molecule has 2 aliphatic rings. The van der Waals surface area contributed by atoms with E-state index in [1.165, 1.54) is 0 Å². The molecule has 0 fully saturated rings. The number of rotatable bonds is 4. The molecule has 0 saturated heterocycles. The standard InChI is InChI=1S/C39H38N12O2S2/c1-5-34-42-44-38-50(34)40-24-32-26(3)46-48(28-14-9-7-10-15-28)36(32)52-30-18-20-31(21-19-30)53-37-33(27(4)47-49(37)29-16-11-8-12-17-29)25-41-51-35(6-2)43-45-39(51)55-23-13-22-54-38/h7-12,14-21,24-25H,5-6,13,22-23H2,1-4H3/b40-24+,41-25+. The molecule has 7 aromatic rings. The van der Waals surface area contributed by atoms with Gasteiger partial charge in [0.25, 0.3) is 0 Å². The predicted octanol–water partition coefficient (Wildman–Crippen LogP) is 7.92. The van der Waals surface area contributed by atoms with E-state index in [4.69, 9.17) is 29.9 Å². The number of hydrogen-bond donors (Lipinski definition) is 0. The molecule has 14 nitrogen and oxygen atoms in total. The van der Waals surface area contributed by atoms with Crippen LogP contribution in [0, 0.1) is 13.8 Å². The second kappa shape index (κ2) is 16.2. The molecule has 55 heavy (non-hydrogen) atoms. The van der Waals surface area contributed by atoms with Gasteiger partial charge in [-0.25, -0.2) is 0 Å². The molecule has 2 aliphatic heterocycles. The highest BCUT2D eigenvalue weighted by molar-refractivity contribution is 8.00. The first-order valence-electron chi connectivity index (χ1n) is 18.0. The lowest BCUT2D eigenvalue weighted by molar-refractivity contribution is 0.432. The smallest absolute Gasteiger partial charge is 0.231 e. The first-order chi connectivity index (χ1) is 27.0. The van der Waals surface area contributed by atoms with E-state index in [0.29, 0.717) is 46.4 Å². The average Bonchev–Trinajstić information content (AvgIpc) is 3.97. The van der Waals surface area contributed by atoms with Crippen molar-refractivity contribution in [2.75, 3.05) is 11.5 Å². The lowest BCUT2D eigenvalue weighted by Gasteiger charge is -2.12. The van der Waals surface area contributed by atoms with Crippen molar-refractivity contribution in [3.05, 3.63) is 119 Å². The number of aromatic nitrogens is 10. The zero-order chi connectivity index (χ0) is 37.7. The summed E-state index contributed by atoms with van der Waals surface area (Å²) in [6.45, 7) is 7.97. The molecule has 2 bridgehead atoms. The topological polar surface area (TPSA) is 140 Å². The number of hydrogen-bond acceptors (Lipinski definition) is 12. The highest BCUT2D eigenvalue weighted by atomic mass is 32.2. The molecule has 3 aromatic carbocycles. The largest absolute Gasteiger partial charge is 0.438 e. The molecule has 16 heteroatoms. The van der Waals surface area contributed by atoms with Gasteiger partial charge in [0.1, 0.15) is 11.5 Å². The minimum atomic E-state index is 0.520. The number of para-hydroxylation sites is 2. The SMILES string of the molecule is CCc1nnc2n1/N=C/c1c(C)nn(-c3ccccc3)c1Oc1ccc(cc1)Oc1c(c(C)nn1-c1ccccc1)/C=N/n1c(CC)nnc1SCCCS2. The van der Waals surface area contributed by atoms with E-state index in [2.05, 4.69) is 20.4 Å². The highest BCUT2D eigenvalue weighted by Crippen LogP contribution is 2.34. The van der Waals surface area contributed by atoms with Crippen molar-refractivity contribution in [1.82, 2.24) is 49.3 Å². The quantitative estimate of drug-likeness (QED) is 0.173. The summed E-state index contributed by atoms with van der Waals surface area (Å²) >= 11 is 3.22. The summed E-state index contributed by atoms with van der Waals surface area (Å²) in [5.74, 6) is 5.34. The molecule has 0 unspecified atom stereocenters. The van der Waals surface area contributed by atoms with Crippen LogP contribution < -0.4 is 9.47 Å². The Balaban J connectivity index is 1.23. The third-order valence-electron chi connectivity index (χ3n) is 8.72. The third kappa shape index (κ3) is 7.55. The summed E-state index contributed by atoms with van der Waals surface area (Å²) in [6, 6.07) is 27.2. The van der Waals surface area contributed by atoms with E-state index < -0.39 is 0 Å². The Bertz CT molecular complexity index is 2300. The van der Waals surface area contributed by atoms with Crippen molar-refractivity contribution >= 4 is 36.0 Å². The van der Waals surface area contributed by atoms with Crippen molar-refractivity contribution in [2.45, 2.75) is 57.3 Å². The summed E-state index contributed by atoms with van der Waals surface area (Å²) in [4.78, 5) is 0. The van der Waals surface area contributed by atoms with E-state index in [1.54, 1.807) is 54.7 Å². The van der Waals surface area contributed by atoms with E-state index in [1.807, 2.05) is 113 Å². The van der Waals surface area contributed by atoms with Gasteiger partial charge in [-0.05, 0) is 68.8 Å². The van der Waals surface area contributed by atoms with Gasteiger partial charge < -0.3 is 9.47 Å². The average molecular weight is 771 g/mol. The molecule has 278 valence electrons. The Morgan fingerprint density at radius 2 is 0.982 bits per heavy atom. The van der Waals surface area contributed by atoms with Crippen LogP contribution in [-0.4, -0.2) is 73.2 Å². The first-order valence-corrected chi connectivity index (χ1v) is 20.0. The van der Waals surface area contributed by atoms with Crippen LogP contribution in [0.3, 0.4) is 0 Å². The molecular weight excluding hydrogens is 733 g/mol. The van der Waals surface area contributed by atoms with Gasteiger partial charge in [0.05, 0.1) is 46.3 Å². The van der Waals surface area contributed by atoms with Gasteiger partial charge >= 0.3 is 0 Å². The Hall–Kier alpha value is -6.00. The normalized spacial score (nSPS) is 14.5. The van der Waals surface area contributed by atoms with Crippen molar-refractivity contribution in [1.29, 1.82) is 0 Å². The molecular formula is C39H38N12O2S2. The second-order valence-corrected chi connectivity index (χ2v) is 14.6. The maximum absolute atomic E-state index is 6.64. The molecule has 0 amide bonds. The molecule has 0 radical (unpaired) electrons. The number of benzene rings is 3. The molecule has 0 saturated carbocycles. The Morgan fingerprint density at radius 3 is 1.38 bits per heavy atom. The molecule has 0 atom stereocenters. The van der Waals surface area contributed by atoms with Crippen LogP contribution in [0.1, 0.15) is 54.4 Å². The fraction of sp³-hybridized carbons (Fsp3) is 0.231. The van der Waals surface area contributed by atoms with Crippen molar-refractivity contribution in [2.24, 2.45) is 10.2 Å². The Morgan fingerprint density at radius 1 is 0.564 bits per heavy atom. The summed E-state index contributed by atoms with van der Waals surface area (Å²) < 4.78 is 20.5. The van der Waals surface area contributed by atoms with Crippen LogP contribution in [0.25, 0.3) is 11.4 Å². The van der Waals surface area contributed by atoms with Gasteiger partial charge in [0.2, 0.25) is 22.1 Å². The monoisotopic (exact) mass is 770 g/mol. The van der Waals surface area contributed by atoms with E-state index in [9.17, 15) is 0 Å². The van der Waals surface area contributed by atoms with E-state index in [0.717, 1.165) is 63.5 Å². The molecule has 6 heterocycles. The van der Waals surface area contributed by atoms with Gasteiger partial charge in [-0.3, -0.25) is 0 Å². The lowest BCUT2D eigenvalue weighted by atomic mass is 10.2.